The minimum Gasteiger partial charge on any atom is -0.507 e. The van der Waals surface area contributed by atoms with Gasteiger partial charge in [0.15, 0.2) is 0 Å². The summed E-state index contributed by atoms with van der Waals surface area (Å²) in [6.45, 7) is 5.67. The molecule has 2 aliphatic rings. The monoisotopic (exact) mass is 306 g/mol. The van der Waals surface area contributed by atoms with Gasteiger partial charge in [0, 0.05) is 37.8 Å². The van der Waals surface area contributed by atoms with Crippen molar-refractivity contribution in [2.45, 2.75) is 45.1 Å². The summed E-state index contributed by atoms with van der Waals surface area (Å²) in [7, 11) is 0. The molecule has 22 heavy (non-hydrogen) atoms. The molecule has 1 aromatic rings. The zero-order valence-corrected chi connectivity index (χ0v) is 13.4. The average molecular weight is 306 g/mol. The van der Waals surface area contributed by atoms with E-state index >= 15 is 0 Å². The molecule has 0 spiro atoms. The second-order valence-electron chi connectivity index (χ2n) is 6.79. The van der Waals surface area contributed by atoms with Gasteiger partial charge < -0.3 is 10.4 Å². The van der Waals surface area contributed by atoms with Gasteiger partial charge in [0.2, 0.25) is 0 Å². The fourth-order valence-corrected chi connectivity index (χ4v) is 4.15. The van der Waals surface area contributed by atoms with Gasteiger partial charge in [0.1, 0.15) is 11.6 Å². The number of hydrogen-bond donors (Lipinski definition) is 2. The molecule has 4 heteroatoms. The van der Waals surface area contributed by atoms with E-state index in [4.69, 9.17) is 0 Å². The lowest BCUT2D eigenvalue weighted by atomic mass is 9.79. The molecule has 2 fully saturated rings. The minimum atomic E-state index is -0.235. The fourth-order valence-electron chi connectivity index (χ4n) is 4.15. The largest absolute Gasteiger partial charge is 0.507 e. The molecular formula is C18H27FN2O. The van der Waals surface area contributed by atoms with Crippen LogP contribution in [-0.4, -0.2) is 36.2 Å². The summed E-state index contributed by atoms with van der Waals surface area (Å²) in [5, 5.41) is 13.9. The first-order valence-electron chi connectivity index (χ1n) is 8.60. The van der Waals surface area contributed by atoms with Gasteiger partial charge in [-0.3, -0.25) is 4.90 Å². The van der Waals surface area contributed by atoms with Crippen molar-refractivity contribution < 1.29 is 9.50 Å². The number of aromatic hydroxyl groups is 1. The molecule has 0 bridgehead atoms. The predicted molar refractivity (Wildman–Crippen MR) is 86.6 cm³/mol. The first kappa shape index (κ1) is 15.8. The summed E-state index contributed by atoms with van der Waals surface area (Å²) in [4.78, 5) is 2.44. The van der Waals surface area contributed by atoms with Crippen LogP contribution in [0.2, 0.25) is 0 Å². The van der Waals surface area contributed by atoms with E-state index in [0.717, 1.165) is 31.7 Å². The number of benzene rings is 1. The van der Waals surface area contributed by atoms with Crippen LogP contribution in [0.15, 0.2) is 12.1 Å². The van der Waals surface area contributed by atoms with Crippen molar-refractivity contribution >= 4 is 0 Å². The minimum absolute atomic E-state index is 0.150. The van der Waals surface area contributed by atoms with Crippen molar-refractivity contribution in [3.8, 4) is 5.75 Å². The lowest BCUT2D eigenvalue weighted by molar-refractivity contribution is 0.101. The normalized spacial score (nSPS) is 22.6. The van der Waals surface area contributed by atoms with Crippen LogP contribution in [0.4, 0.5) is 4.39 Å². The highest BCUT2D eigenvalue weighted by Crippen LogP contribution is 2.42. The molecule has 0 amide bonds. The number of rotatable bonds is 3. The Bertz CT molecular complexity index is 490. The number of hydrogen-bond acceptors (Lipinski definition) is 3. The molecule has 1 saturated carbocycles. The summed E-state index contributed by atoms with van der Waals surface area (Å²) in [6, 6.07) is 3.13. The Kier molecular flexibility index (Phi) is 4.99. The third-order valence-corrected chi connectivity index (χ3v) is 5.25. The van der Waals surface area contributed by atoms with Crippen molar-refractivity contribution in [1.82, 2.24) is 10.2 Å². The molecular weight excluding hydrogens is 279 g/mol. The summed E-state index contributed by atoms with van der Waals surface area (Å²) >= 11 is 0. The maximum absolute atomic E-state index is 14.0. The molecule has 3 rings (SSSR count). The van der Waals surface area contributed by atoms with E-state index in [1.807, 2.05) is 0 Å². The van der Waals surface area contributed by atoms with E-state index in [9.17, 15) is 9.50 Å². The second-order valence-corrected chi connectivity index (χ2v) is 6.79. The van der Waals surface area contributed by atoms with Crippen LogP contribution in [0.25, 0.3) is 0 Å². The molecule has 1 atom stereocenters. The van der Waals surface area contributed by atoms with Gasteiger partial charge in [-0.1, -0.05) is 19.3 Å². The Morgan fingerprint density at radius 3 is 2.55 bits per heavy atom. The van der Waals surface area contributed by atoms with Gasteiger partial charge >= 0.3 is 0 Å². The molecule has 122 valence electrons. The molecule has 1 heterocycles. The van der Waals surface area contributed by atoms with Crippen LogP contribution >= 0.6 is 0 Å². The highest BCUT2D eigenvalue weighted by Gasteiger charge is 2.33. The van der Waals surface area contributed by atoms with E-state index in [2.05, 4.69) is 10.2 Å². The summed E-state index contributed by atoms with van der Waals surface area (Å²) in [6.07, 6.45) is 6.18. The van der Waals surface area contributed by atoms with Crippen molar-refractivity contribution in [3.05, 3.63) is 29.1 Å². The Morgan fingerprint density at radius 2 is 1.86 bits per heavy atom. The van der Waals surface area contributed by atoms with Gasteiger partial charge in [-0.25, -0.2) is 4.39 Å². The second kappa shape index (κ2) is 6.97. The van der Waals surface area contributed by atoms with E-state index < -0.39 is 0 Å². The lowest BCUT2D eigenvalue weighted by Gasteiger charge is -2.41. The van der Waals surface area contributed by atoms with Gasteiger partial charge in [0.25, 0.3) is 0 Å². The highest BCUT2D eigenvalue weighted by atomic mass is 19.1. The Labute approximate surface area is 132 Å². The maximum atomic E-state index is 14.0. The van der Waals surface area contributed by atoms with Gasteiger partial charge in [-0.15, -0.1) is 0 Å². The SMILES string of the molecule is Cc1cc(F)cc([C@@H](C2CCCCC2)N2CCNCC2)c1O. The molecule has 1 aliphatic heterocycles. The smallest absolute Gasteiger partial charge is 0.124 e. The summed E-state index contributed by atoms with van der Waals surface area (Å²) in [5.41, 5.74) is 1.44. The Morgan fingerprint density at radius 1 is 1.18 bits per heavy atom. The predicted octanol–water partition coefficient (Wildman–Crippen LogP) is 3.37. The van der Waals surface area contributed by atoms with E-state index in [1.54, 1.807) is 13.0 Å². The third kappa shape index (κ3) is 3.28. The van der Waals surface area contributed by atoms with Crippen molar-refractivity contribution in [2.75, 3.05) is 26.2 Å². The number of aryl methyl sites for hydroxylation is 1. The molecule has 1 aromatic carbocycles. The Hall–Kier alpha value is -1.13. The maximum Gasteiger partial charge on any atom is 0.124 e. The molecule has 0 radical (unpaired) electrons. The van der Waals surface area contributed by atoms with Crippen LogP contribution in [0.5, 0.6) is 5.75 Å². The fraction of sp³-hybridized carbons (Fsp3) is 0.667. The topological polar surface area (TPSA) is 35.5 Å². The standard InChI is InChI=1S/C18H27FN2O/c1-13-11-15(19)12-16(18(13)22)17(14-5-3-2-4-6-14)21-9-7-20-8-10-21/h11-12,14,17,20,22H,2-10H2,1H3/t17-/m1/s1. The molecule has 1 aliphatic carbocycles. The van der Waals surface area contributed by atoms with E-state index in [0.29, 0.717) is 11.5 Å². The third-order valence-electron chi connectivity index (χ3n) is 5.25. The number of nitrogens with zero attached hydrogens (tertiary/aromatic N) is 1. The number of phenols is 1. The van der Waals surface area contributed by atoms with Crippen molar-refractivity contribution in [3.63, 3.8) is 0 Å². The van der Waals surface area contributed by atoms with Crippen LogP contribution in [-0.2, 0) is 0 Å². The van der Waals surface area contributed by atoms with Crippen LogP contribution in [0.3, 0.4) is 0 Å². The van der Waals surface area contributed by atoms with Crippen LogP contribution < -0.4 is 5.32 Å². The van der Waals surface area contributed by atoms with Crippen LogP contribution in [0.1, 0.15) is 49.3 Å². The quantitative estimate of drug-likeness (QED) is 0.899. The van der Waals surface area contributed by atoms with E-state index in [-0.39, 0.29) is 17.6 Å². The first-order valence-corrected chi connectivity index (χ1v) is 8.60. The van der Waals surface area contributed by atoms with Crippen LogP contribution in [0, 0.1) is 18.7 Å². The molecule has 3 nitrogen and oxygen atoms in total. The molecule has 0 aromatic heterocycles. The zero-order chi connectivity index (χ0) is 15.5. The summed E-state index contributed by atoms with van der Waals surface area (Å²) in [5.74, 6) is 0.579. The lowest BCUT2D eigenvalue weighted by Crippen LogP contribution is -2.47. The highest BCUT2D eigenvalue weighted by molar-refractivity contribution is 5.42. The van der Waals surface area contributed by atoms with Gasteiger partial charge in [-0.05, 0) is 43.4 Å². The molecule has 1 saturated heterocycles. The van der Waals surface area contributed by atoms with Crippen molar-refractivity contribution in [1.29, 1.82) is 0 Å². The Balaban J connectivity index is 1.96. The van der Waals surface area contributed by atoms with E-state index in [1.165, 1.54) is 38.2 Å². The number of piperazine rings is 1. The molecule has 0 unspecified atom stereocenters. The number of phenolic OH excluding ortho intramolecular Hbond substituents is 1. The van der Waals surface area contributed by atoms with Gasteiger partial charge in [-0.2, -0.15) is 0 Å². The number of nitrogens with one attached hydrogen (secondary N) is 1. The molecule has 2 N–H and O–H groups in total. The summed E-state index contributed by atoms with van der Waals surface area (Å²) < 4.78 is 14.0. The van der Waals surface area contributed by atoms with Crippen molar-refractivity contribution in [2.24, 2.45) is 5.92 Å². The zero-order valence-electron chi connectivity index (χ0n) is 13.4. The first-order chi connectivity index (χ1) is 10.7. The van der Waals surface area contributed by atoms with Gasteiger partial charge in [0.05, 0.1) is 0 Å². The number of halogens is 1. The average Bonchev–Trinajstić information content (AvgIpc) is 2.54.